The number of rotatable bonds is 5. The van der Waals surface area contributed by atoms with Crippen molar-refractivity contribution in [3.63, 3.8) is 0 Å². The zero-order valence-corrected chi connectivity index (χ0v) is 13.2. The van der Waals surface area contributed by atoms with Gasteiger partial charge in [-0.1, -0.05) is 0 Å². The molecule has 2 rings (SSSR count). The third-order valence-electron chi connectivity index (χ3n) is 4.41. The molecule has 1 unspecified atom stereocenters. The van der Waals surface area contributed by atoms with Crippen LogP contribution in [0.2, 0.25) is 0 Å². The van der Waals surface area contributed by atoms with Gasteiger partial charge in [0.2, 0.25) is 0 Å². The lowest BCUT2D eigenvalue weighted by molar-refractivity contribution is -0.932. The zero-order chi connectivity index (χ0) is 15.4. The SMILES string of the molecule is CNC(=O)[C@@H](C)[NH+]1CCC[C@@H]1c1cc(OC)ccc1OC. The molecule has 1 aliphatic rings. The van der Waals surface area contributed by atoms with E-state index in [1.807, 2.05) is 25.1 Å². The van der Waals surface area contributed by atoms with Crippen molar-refractivity contribution in [3.05, 3.63) is 23.8 Å². The van der Waals surface area contributed by atoms with Crippen LogP contribution in [0.15, 0.2) is 18.2 Å². The van der Waals surface area contributed by atoms with Crippen molar-refractivity contribution in [1.82, 2.24) is 5.32 Å². The van der Waals surface area contributed by atoms with Crippen LogP contribution >= 0.6 is 0 Å². The Morgan fingerprint density at radius 1 is 1.38 bits per heavy atom. The van der Waals surface area contributed by atoms with Gasteiger partial charge in [-0.05, 0) is 25.1 Å². The topological polar surface area (TPSA) is 52.0 Å². The molecule has 1 fully saturated rings. The lowest BCUT2D eigenvalue weighted by Crippen LogP contribution is -3.15. The average Bonchev–Trinajstić information content (AvgIpc) is 3.01. The Kier molecular flexibility index (Phi) is 5.07. The largest absolute Gasteiger partial charge is 0.497 e. The van der Waals surface area contributed by atoms with E-state index in [1.165, 1.54) is 4.90 Å². The highest BCUT2D eigenvalue weighted by atomic mass is 16.5. The highest BCUT2D eigenvalue weighted by Crippen LogP contribution is 2.31. The van der Waals surface area contributed by atoms with Crippen LogP contribution < -0.4 is 19.7 Å². The highest BCUT2D eigenvalue weighted by molar-refractivity contribution is 5.79. The summed E-state index contributed by atoms with van der Waals surface area (Å²) >= 11 is 0. The maximum Gasteiger partial charge on any atom is 0.277 e. The Balaban J connectivity index is 2.33. The van der Waals surface area contributed by atoms with Gasteiger partial charge >= 0.3 is 0 Å². The van der Waals surface area contributed by atoms with Crippen molar-refractivity contribution in [3.8, 4) is 11.5 Å². The first-order chi connectivity index (χ1) is 10.1. The number of nitrogens with one attached hydrogen (secondary N) is 2. The van der Waals surface area contributed by atoms with Crippen molar-refractivity contribution >= 4 is 5.91 Å². The lowest BCUT2D eigenvalue weighted by Gasteiger charge is -2.27. The van der Waals surface area contributed by atoms with Crippen LogP contribution in [0.3, 0.4) is 0 Å². The number of benzene rings is 1. The Morgan fingerprint density at radius 3 is 2.76 bits per heavy atom. The van der Waals surface area contributed by atoms with Crippen LogP contribution in [0.5, 0.6) is 11.5 Å². The molecule has 21 heavy (non-hydrogen) atoms. The molecule has 3 atom stereocenters. The van der Waals surface area contributed by atoms with Gasteiger partial charge < -0.3 is 19.7 Å². The summed E-state index contributed by atoms with van der Waals surface area (Å²) in [5.74, 6) is 1.77. The summed E-state index contributed by atoms with van der Waals surface area (Å²) in [6.07, 6.45) is 2.17. The first-order valence-corrected chi connectivity index (χ1v) is 7.41. The standard InChI is InChI=1S/C16H24N2O3/c1-11(16(19)17-2)18-9-5-6-14(18)13-10-12(20-3)7-8-15(13)21-4/h7-8,10-11,14H,5-6,9H2,1-4H3,(H,17,19)/p+1/t11-,14-/m1/s1. The molecule has 1 amide bonds. The van der Waals surface area contributed by atoms with Crippen LogP contribution in [0.1, 0.15) is 31.4 Å². The predicted molar refractivity (Wildman–Crippen MR) is 80.9 cm³/mol. The van der Waals surface area contributed by atoms with E-state index in [9.17, 15) is 4.79 Å². The zero-order valence-electron chi connectivity index (χ0n) is 13.2. The van der Waals surface area contributed by atoms with Crippen molar-refractivity contribution < 1.29 is 19.2 Å². The van der Waals surface area contributed by atoms with Crippen LogP contribution in [0, 0.1) is 0 Å². The number of hydrogen-bond acceptors (Lipinski definition) is 3. The number of amides is 1. The van der Waals surface area contributed by atoms with Gasteiger partial charge in [0.05, 0.1) is 26.3 Å². The average molecular weight is 293 g/mol. The Labute approximate surface area is 126 Å². The van der Waals surface area contributed by atoms with Gasteiger partial charge in [-0.25, -0.2) is 0 Å². The number of likely N-dealkylation sites (N-methyl/N-ethyl adjacent to an activating group) is 1. The molecule has 1 heterocycles. The number of carbonyl (C=O) groups is 1. The summed E-state index contributed by atoms with van der Waals surface area (Å²) in [6, 6.07) is 6.07. The molecule has 0 saturated carbocycles. The molecule has 0 aromatic heterocycles. The van der Waals surface area contributed by atoms with Crippen molar-refractivity contribution in [2.45, 2.75) is 31.8 Å². The fourth-order valence-electron chi connectivity index (χ4n) is 3.24. The van der Waals surface area contributed by atoms with Gasteiger partial charge in [0, 0.05) is 19.9 Å². The van der Waals surface area contributed by atoms with E-state index >= 15 is 0 Å². The number of carbonyl (C=O) groups excluding carboxylic acids is 1. The van der Waals surface area contributed by atoms with Crippen molar-refractivity contribution in [1.29, 1.82) is 0 Å². The van der Waals surface area contributed by atoms with E-state index in [-0.39, 0.29) is 18.0 Å². The second-order valence-corrected chi connectivity index (χ2v) is 5.46. The summed E-state index contributed by atoms with van der Waals surface area (Å²) in [5.41, 5.74) is 1.13. The molecular weight excluding hydrogens is 268 g/mol. The van der Waals surface area contributed by atoms with Crippen LogP contribution in [0.4, 0.5) is 0 Å². The maximum absolute atomic E-state index is 12.0. The molecule has 116 valence electrons. The van der Waals surface area contributed by atoms with E-state index in [0.29, 0.717) is 0 Å². The molecule has 1 aromatic rings. The molecule has 5 heteroatoms. The third kappa shape index (κ3) is 3.13. The number of quaternary nitrogens is 1. The predicted octanol–water partition coefficient (Wildman–Crippen LogP) is 0.558. The van der Waals surface area contributed by atoms with Gasteiger partial charge in [-0.15, -0.1) is 0 Å². The third-order valence-corrected chi connectivity index (χ3v) is 4.41. The van der Waals surface area contributed by atoms with Crippen molar-refractivity contribution in [2.75, 3.05) is 27.8 Å². The summed E-state index contributed by atoms with van der Waals surface area (Å²) in [4.78, 5) is 13.3. The van der Waals surface area contributed by atoms with Crippen molar-refractivity contribution in [2.24, 2.45) is 0 Å². The van der Waals surface area contributed by atoms with Gasteiger partial charge in [-0.2, -0.15) is 0 Å². The second kappa shape index (κ2) is 6.80. The van der Waals surface area contributed by atoms with Gasteiger partial charge in [0.25, 0.3) is 5.91 Å². The maximum atomic E-state index is 12.0. The Bertz CT molecular complexity index is 504. The van der Waals surface area contributed by atoms with E-state index in [0.717, 1.165) is 36.4 Å². The second-order valence-electron chi connectivity index (χ2n) is 5.46. The summed E-state index contributed by atoms with van der Waals surface area (Å²) in [6.45, 7) is 2.98. The monoisotopic (exact) mass is 293 g/mol. The minimum atomic E-state index is -0.0709. The number of likely N-dealkylation sites (tertiary alicyclic amines) is 1. The molecule has 0 radical (unpaired) electrons. The number of hydrogen-bond donors (Lipinski definition) is 2. The Hall–Kier alpha value is -1.75. The molecule has 0 spiro atoms. The van der Waals surface area contributed by atoms with Gasteiger partial charge in [-0.3, -0.25) is 4.79 Å². The molecule has 1 aromatic carbocycles. The smallest absolute Gasteiger partial charge is 0.277 e. The van der Waals surface area contributed by atoms with Crippen LogP contribution in [-0.4, -0.2) is 39.8 Å². The first kappa shape index (κ1) is 15.6. The van der Waals surface area contributed by atoms with E-state index in [2.05, 4.69) is 5.32 Å². The molecule has 1 aliphatic heterocycles. The van der Waals surface area contributed by atoms with E-state index in [4.69, 9.17) is 9.47 Å². The molecular formula is C16H25N2O3+. The first-order valence-electron chi connectivity index (χ1n) is 7.41. The van der Waals surface area contributed by atoms with Crippen LogP contribution in [0.25, 0.3) is 0 Å². The molecule has 1 saturated heterocycles. The minimum Gasteiger partial charge on any atom is -0.497 e. The summed E-state index contributed by atoms with van der Waals surface area (Å²) < 4.78 is 10.8. The van der Waals surface area contributed by atoms with Gasteiger partial charge in [0.15, 0.2) is 6.04 Å². The fourth-order valence-corrected chi connectivity index (χ4v) is 3.24. The van der Waals surface area contributed by atoms with E-state index in [1.54, 1.807) is 21.3 Å². The highest BCUT2D eigenvalue weighted by Gasteiger charge is 2.38. The lowest BCUT2D eigenvalue weighted by atomic mass is 10.0. The normalized spacial score (nSPS) is 22.7. The van der Waals surface area contributed by atoms with E-state index < -0.39 is 0 Å². The Morgan fingerprint density at radius 2 is 2.14 bits per heavy atom. The summed E-state index contributed by atoms with van der Waals surface area (Å²) in [7, 11) is 5.04. The fraction of sp³-hybridized carbons (Fsp3) is 0.562. The van der Waals surface area contributed by atoms with Gasteiger partial charge in [0.1, 0.15) is 17.5 Å². The number of methoxy groups -OCH3 is 2. The summed E-state index contributed by atoms with van der Waals surface area (Å²) in [5, 5.41) is 2.75. The minimum absolute atomic E-state index is 0.0709. The molecule has 0 bridgehead atoms. The number of ether oxygens (including phenoxy) is 2. The molecule has 2 N–H and O–H groups in total. The molecule has 0 aliphatic carbocycles. The quantitative estimate of drug-likeness (QED) is 0.834. The van der Waals surface area contributed by atoms with Crippen LogP contribution in [-0.2, 0) is 4.79 Å². The molecule has 5 nitrogen and oxygen atoms in total.